The molecule has 5 nitrogen and oxygen atoms in total. The highest BCUT2D eigenvalue weighted by molar-refractivity contribution is 7.92. The quantitative estimate of drug-likeness (QED) is 0.946. The highest BCUT2D eigenvalue weighted by Crippen LogP contribution is 2.26. The minimum Gasteiger partial charge on any atom is -0.337 e. The van der Waals surface area contributed by atoms with Crippen molar-refractivity contribution in [1.29, 1.82) is 0 Å². The molecule has 112 valence electrons. The summed E-state index contributed by atoms with van der Waals surface area (Å²) in [7, 11) is -3.64. The second kappa shape index (κ2) is 5.18. The Morgan fingerprint density at radius 2 is 1.86 bits per heavy atom. The van der Waals surface area contributed by atoms with Gasteiger partial charge in [0.1, 0.15) is 0 Å². The topological polar surface area (TPSA) is 72.2 Å². The average molecular weight is 306 g/mol. The zero-order valence-corrected chi connectivity index (χ0v) is 13.0. The maximum atomic E-state index is 12.4. The summed E-state index contributed by atoms with van der Waals surface area (Å²) >= 11 is 0. The number of nitrogens with one attached hydrogen (secondary N) is 1. The van der Waals surface area contributed by atoms with E-state index in [0.717, 1.165) is 24.8 Å². The number of hydrogen-bond donors (Lipinski definition) is 1. The fraction of sp³-hybridized carbons (Fsp3) is 0.400. The van der Waals surface area contributed by atoms with Crippen LogP contribution in [0.2, 0.25) is 0 Å². The van der Waals surface area contributed by atoms with Crippen LogP contribution in [0.4, 0.5) is 5.88 Å². The van der Waals surface area contributed by atoms with Crippen LogP contribution in [-0.4, -0.2) is 13.6 Å². The van der Waals surface area contributed by atoms with Crippen LogP contribution in [0.5, 0.6) is 0 Å². The van der Waals surface area contributed by atoms with E-state index in [2.05, 4.69) is 9.88 Å². The van der Waals surface area contributed by atoms with Crippen molar-refractivity contribution in [3.63, 3.8) is 0 Å². The molecule has 21 heavy (non-hydrogen) atoms. The third kappa shape index (κ3) is 2.68. The van der Waals surface area contributed by atoms with Crippen molar-refractivity contribution in [2.75, 3.05) is 4.72 Å². The highest BCUT2D eigenvalue weighted by atomic mass is 32.2. The standard InChI is InChI=1S/C15H18N2O3S/c1-10-11(2)16-20-15(10)17-21(18,19)14-8-7-12-5-3-4-6-13(12)9-14/h7-9,17H,3-6H2,1-2H3. The van der Waals surface area contributed by atoms with Crippen molar-refractivity contribution >= 4 is 15.9 Å². The molecule has 0 saturated carbocycles. The maximum Gasteiger partial charge on any atom is 0.264 e. The summed E-state index contributed by atoms with van der Waals surface area (Å²) in [6, 6.07) is 5.35. The van der Waals surface area contributed by atoms with Crippen LogP contribution in [0.1, 0.15) is 35.2 Å². The number of nitrogens with zero attached hydrogens (tertiary/aromatic N) is 1. The predicted molar refractivity (Wildman–Crippen MR) is 79.9 cm³/mol. The second-order valence-electron chi connectivity index (χ2n) is 5.47. The maximum absolute atomic E-state index is 12.4. The monoisotopic (exact) mass is 306 g/mol. The van der Waals surface area contributed by atoms with E-state index < -0.39 is 10.0 Å². The van der Waals surface area contributed by atoms with Gasteiger partial charge in [-0.15, -0.1) is 0 Å². The molecule has 6 heteroatoms. The molecule has 1 aliphatic rings. The third-order valence-corrected chi connectivity index (χ3v) is 5.34. The van der Waals surface area contributed by atoms with Crippen LogP contribution in [0.3, 0.4) is 0 Å². The summed E-state index contributed by atoms with van der Waals surface area (Å²) in [5, 5.41) is 3.76. The van der Waals surface area contributed by atoms with E-state index in [4.69, 9.17) is 4.52 Å². The minimum atomic E-state index is -3.64. The molecule has 0 amide bonds. The van der Waals surface area contributed by atoms with Gasteiger partial charge in [-0.05, 0) is 62.8 Å². The van der Waals surface area contributed by atoms with Crippen molar-refractivity contribution < 1.29 is 12.9 Å². The van der Waals surface area contributed by atoms with Crippen LogP contribution >= 0.6 is 0 Å². The molecule has 0 spiro atoms. The van der Waals surface area contributed by atoms with Crippen LogP contribution < -0.4 is 4.72 Å². The first kappa shape index (κ1) is 14.1. The number of sulfonamides is 1. The number of fused-ring (bicyclic) bond motifs is 1. The molecular formula is C15H18N2O3S. The average Bonchev–Trinajstić information content (AvgIpc) is 2.78. The lowest BCUT2D eigenvalue weighted by atomic mass is 9.92. The molecule has 1 aromatic heterocycles. The molecule has 2 aromatic rings. The van der Waals surface area contributed by atoms with Crippen LogP contribution in [-0.2, 0) is 22.9 Å². The fourth-order valence-corrected chi connectivity index (χ4v) is 3.67. The number of benzene rings is 1. The van der Waals surface area contributed by atoms with E-state index in [-0.39, 0.29) is 10.8 Å². The van der Waals surface area contributed by atoms with E-state index in [1.165, 1.54) is 12.0 Å². The molecule has 1 N–H and O–H groups in total. The summed E-state index contributed by atoms with van der Waals surface area (Å²) < 4.78 is 32.4. The molecule has 0 saturated heterocycles. The summed E-state index contributed by atoms with van der Waals surface area (Å²) in [6.45, 7) is 3.55. The lowest BCUT2D eigenvalue weighted by Crippen LogP contribution is -2.14. The Labute approximate surface area is 124 Å². The molecule has 0 unspecified atom stereocenters. The Morgan fingerprint density at radius 3 is 2.52 bits per heavy atom. The highest BCUT2D eigenvalue weighted by Gasteiger charge is 2.21. The molecular weight excluding hydrogens is 288 g/mol. The molecule has 0 atom stereocenters. The van der Waals surface area contributed by atoms with E-state index in [0.29, 0.717) is 11.3 Å². The summed E-state index contributed by atoms with van der Waals surface area (Å²) in [4.78, 5) is 0.275. The number of hydrogen-bond acceptors (Lipinski definition) is 4. The summed E-state index contributed by atoms with van der Waals surface area (Å²) in [6.07, 6.45) is 4.26. The Balaban J connectivity index is 1.93. The molecule has 0 bridgehead atoms. The molecule has 1 aromatic carbocycles. The SMILES string of the molecule is Cc1noc(NS(=O)(=O)c2ccc3c(c2)CCCC3)c1C. The van der Waals surface area contributed by atoms with Crippen LogP contribution in [0.15, 0.2) is 27.6 Å². The molecule has 0 fully saturated rings. The van der Waals surface area contributed by atoms with E-state index in [1.54, 1.807) is 26.0 Å². The lowest BCUT2D eigenvalue weighted by molar-refractivity contribution is 0.430. The first-order chi connectivity index (χ1) is 9.97. The number of aromatic nitrogens is 1. The Kier molecular flexibility index (Phi) is 3.49. The minimum absolute atomic E-state index is 0.185. The van der Waals surface area contributed by atoms with Gasteiger partial charge in [0.25, 0.3) is 10.0 Å². The zero-order valence-electron chi connectivity index (χ0n) is 12.1. The Morgan fingerprint density at radius 1 is 1.14 bits per heavy atom. The van der Waals surface area contributed by atoms with Gasteiger partial charge in [-0.3, -0.25) is 0 Å². The fourth-order valence-electron chi connectivity index (χ4n) is 2.57. The van der Waals surface area contributed by atoms with Gasteiger partial charge in [0.05, 0.1) is 10.6 Å². The number of aryl methyl sites for hydroxylation is 3. The predicted octanol–water partition coefficient (Wildman–Crippen LogP) is 2.97. The van der Waals surface area contributed by atoms with Gasteiger partial charge in [0.15, 0.2) is 0 Å². The van der Waals surface area contributed by atoms with Crippen LogP contribution in [0.25, 0.3) is 0 Å². The van der Waals surface area contributed by atoms with E-state index in [9.17, 15) is 8.42 Å². The van der Waals surface area contributed by atoms with Crippen molar-refractivity contribution in [1.82, 2.24) is 5.16 Å². The molecule has 0 aliphatic heterocycles. The van der Waals surface area contributed by atoms with Crippen molar-refractivity contribution in [2.45, 2.75) is 44.4 Å². The van der Waals surface area contributed by atoms with Crippen LogP contribution in [0, 0.1) is 13.8 Å². The van der Waals surface area contributed by atoms with Gasteiger partial charge >= 0.3 is 0 Å². The smallest absolute Gasteiger partial charge is 0.264 e. The molecule has 3 rings (SSSR count). The third-order valence-electron chi connectivity index (χ3n) is 4.01. The number of anilines is 1. The zero-order chi connectivity index (χ0) is 15.0. The normalized spacial score (nSPS) is 14.8. The largest absolute Gasteiger partial charge is 0.337 e. The summed E-state index contributed by atoms with van der Waals surface area (Å²) in [5.41, 5.74) is 3.77. The van der Waals surface area contributed by atoms with Gasteiger partial charge in [0, 0.05) is 5.56 Å². The van der Waals surface area contributed by atoms with Gasteiger partial charge in [-0.2, -0.15) is 0 Å². The Hall–Kier alpha value is -1.82. The van der Waals surface area contributed by atoms with Gasteiger partial charge in [-0.25, -0.2) is 13.1 Å². The molecule has 1 heterocycles. The Bertz CT molecular complexity index is 778. The first-order valence-electron chi connectivity index (χ1n) is 7.05. The van der Waals surface area contributed by atoms with E-state index >= 15 is 0 Å². The van der Waals surface area contributed by atoms with Crippen molar-refractivity contribution in [3.05, 3.63) is 40.6 Å². The van der Waals surface area contributed by atoms with Gasteiger partial charge in [0.2, 0.25) is 5.88 Å². The second-order valence-corrected chi connectivity index (χ2v) is 7.15. The molecule has 0 radical (unpaired) electrons. The lowest BCUT2D eigenvalue weighted by Gasteiger charge is -2.16. The van der Waals surface area contributed by atoms with Crippen molar-refractivity contribution in [2.24, 2.45) is 0 Å². The van der Waals surface area contributed by atoms with Crippen molar-refractivity contribution in [3.8, 4) is 0 Å². The van der Waals surface area contributed by atoms with E-state index in [1.807, 2.05) is 6.07 Å². The van der Waals surface area contributed by atoms with Gasteiger partial charge < -0.3 is 4.52 Å². The first-order valence-corrected chi connectivity index (χ1v) is 8.53. The molecule has 1 aliphatic carbocycles. The van der Waals surface area contributed by atoms with Gasteiger partial charge in [-0.1, -0.05) is 11.2 Å². The number of rotatable bonds is 3. The summed E-state index contributed by atoms with van der Waals surface area (Å²) in [5.74, 6) is 0.185.